The van der Waals surface area contributed by atoms with Crippen molar-refractivity contribution in [2.24, 2.45) is 5.92 Å². The fourth-order valence-electron chi connectivity index (χ4n) is 2.51. The van der Waals surface area contributed by atoms with Crippen LogP contribution in [0.15, 0.2) is 58.3 Å². The summed E-state index contributed by atoms with van der Waals surface area (Å²) in [6.07, 6.45) is 0.914. The summed E-state index contributed by atoms with van der Waals surface area (Å²) in [5.41, 5.74) is 0.848. The van der Waals surface area contributed by atoms with Crippen LogP contribution < -0.4 is 15.4 Å². The molecular weight excluding hydrogens is 308 g/mol. The Balaban J connectivity index is 1.58. The Morgan fingerprint density at radius 2 is 1.78 bits per heavy atom. The molecule has 1 atom stereocenters. The fraction of sp³-hybridized carbons (Fsp3) is 0.278. The van der Waals surface area contributed by atoms with Crippen LogP contribution >= 0.6 is 11.8 Å². The van der Waals surface area contributed by atoms with Crippen LogP contribution in [0.3, 0.4) is 0 Å². The van der Waals surface area contributed by atoms with Gasteiger partial charge in [-0.2, -0.15) is 0 Å². The van der Waals surface area contributed by atoms with Crippen molar-refractivity contribution < 1.29 is 9.53 Å². The quantitative estimate of drug-likeness (QED) is 0.883. The molecule has 0 saturated carbocycles. The van der Waals surface area contributed by atoms with E-state index in [1.54, 1.807) is 18.9 Å². The zero-order chi connectivity index (χ0) is 16.1. The molecule has 3 rings (SSSR count). The Morgan fingerprint density at radius 3 is 2.35 bits per heavy atom. The molecule has 0 aromatic heterocycles. The molecule has 1 heterocycles. The molecular formula is C18H20N2O2S. The summed E-state index contributed by atoms with van der Waals surface area (Å²) >= 11 is 1.68. The van der Waals surface area contributed by atoms with Gasteiger partial charge in [0, 0.05) is 22.0 Å². The molecule has 0 bridgehead atoms. The normalized spacial score (nSPS) is 17.0. The Labute approximate surface area is 140 Å². The van der Waals surface area contributed by atoms with Crippen molar-refractivity contribution in [3.05, 3.63) is 48.5 Å². The molecule has 0 aliphatic carbocycles. The average Bonchev–Trinajstić information content (AvgIpc) is 3.12. The van der Waals surface area contributed by atoms with Gasteiger partial charge < -0.3 is 15.4 Å². The minimum Gasteiger partial charge on any atom is -0.497 e. The second-order valence-electron chi connectivity index (χ2n) is 5.48. The largest absolute Gasteiger partial charge is 0.497 e. The number of rotatable bonds is 5. The van der Waals surface area contributed by atoms with Gasteiger partial charge in [-0.1, -0.05) is 11.8 Å². The molecule has 23 heavy (non-hydrogen) atoms. The summed E-state index contributed by atoms with van der Waals surface area (Å²) in [6, 6.07) is 15.9. The summed E-state index contributed by atoms with van der Waals surface area (Å²) in [7, 11) is 1.66. The van der Waals surface area contributed by atoms with E-state index in [0.717, 1.165) is 40.7 Å². The maximum absolute atomic E-state index is 12.1. The topological polar surface area (TPSA) is 50.4 Å². The van der Waals surface area contributed by atoms with Crippen molar-refractivity contribution in [3.8, 4) is 5.75 Å². The van der Waals surface area contributed by atoms with E-state index >= 15 is 0 Å². The van der Waals surface area contributed by atoms with Crippen molar-refractivity contribution >= 4 is 23.4 Å². The van der Waals surface area contributed by atoms with E-state index in [4.69, 9.17) is 4.74 Å². The molecule has 2 aromatic carbocycles. The van der Waals surface area contributed by atoms with Crippen LogP contribution in [0.5, 0.6) is 5.75 Å². The SMILES string of the molecule is COc1ccc(Sc2ccc(NC(=O)C3CCNC3)cc2)cc1. The molecule has 120 valence electrons. The van der Waals surface area contributed by atoms with E-state index in [-0.39, 0.29) is 11.8 Å². The monoisotopic (exact) mass is 328 g/mol. The minimum absolute atomic E-state index is 0.0864. The summed E-state index contributed by atoms with van der Waals surface area (Å²) < 4.78 is 5.16. The van der Waals surface area contributed by atoms with E-state index in [9.17, 15) is 4.79 Å². The molecule has 0 radical (unpaired) electrons. The van der Waals surface area contributed by atoms with E-state index in [1.165, 1.54) is 0 Å². The summed E-state index contributed by atoms with van der Waals surface area (Å²) in [6.45, 7) is 1.70. The van der Waals surface area contributed by atoms with Crippen molar-refractivity contribution in [2.45, 2.75) is 16.2 Å². The Hall–Kier alpha value is -1.98. The molecule has 5 heteroatoms. The number of anilines is 1. The second kappa shape index (κ2) is 7.53. The number of amides is 1. The first kappa shape index (κ1) is 15.9. The third-order valence-corrected chi connectivity index (χ3v) is 4.86. The summed E-state index contributed by atoms with van der Waals surface area (Å²) in [5, 5.41) is 6.20. The van der Waals surface area contributed by atoms with Crippen LogP contribution in [0.1, 0.15) is 6.42 Å². The van der Waals surface area contributed by atoms with Crippen LogP contribution in [0.4, 0.5) is 5.69 Å². The van der Waals surface area contributed by atoms with E-state index in [0.29, 0.717) is 0 Å². The number of hydrogen-bond donors (Lipinski definition) is 2. The summed E-state index contributed by atoms with van der Waals surface area (Å²) in [5.74, 6) is 1.04. The first-order valence-electron chi connectivity index (χ1n) is 7.68. The maximum atomic E-state index is 12.1. The number of ether oxygens (including phenoxy) is 1. The number of hydrogen-bond acceptors (Lipinski definition) is 4. The molecule has 1 fully saturated rings. The van der Waals surface area contributed by atoms with Crippen molar-refractivity contribution in [2.75, 3.05) is 25.5 Å². The number of methoxy groups -OCH3 is 1. The molecule has 1 aliphatic rings. The van der Waals surface area contributed by atoms with Gasteiger partial charge in [0.05, 0.1) is 13.0 Å². The van der Waals surface area contributed by atoms with Crippen molar-refractivity contribution in [1.29, 1.82) is 0 Å². The van der Waals surface area contributed by atoms with Gasteiger partial charge in [0.2, 0.25) is 5.91 Å². The lowest BCUT2D eigenvalue weighted by Crippen LogP contribution is -2.24. The Kier molecular flexibility index (Phi) is 5.20. The standard InChI is InChI=1S/C18H20N2O2S/c1-22-15-4-8-17(9-5-15)23-16-6-2-14(3-7-16)20-18(21)13-10-11-19-12-13/h2-9,13,19H,10-12H2,1H3,(H,20,21). The van der Waals surface area contributed by atoms with Gasteiger partial charge in [0.15, 0.2) is 0 Å². The zero-order valence-electron chi connectivity index (χ0n) is 13.0. The van der Waals surface area contributed by atoms with E-state index in [1.807, 2.05) is 48.5 Å². The lowest BCUT2D eigenvalue weighted by molar-refractivity contribution is -0.119. The van der Waals surface area contributed by atoms with E-state index < -0.39 is 0 Å². The number of carbonyl (C=O) groups is 1. The van der Waals surface area contributed by atoms with Crippen molar-refractivity contribution in [3.63, 3.8) is 0 Å². The van der Waals surface area contributed by atoms with Gasteiger partial charge in [-0.25, -0.2) is 0 Å². The van der Waals surface area contributed by atoms with Crippen molar-refractivity contribution in [1.82, 2.24) is 5.32 Å². The van der Waals surface area contributed by atoms with E-state index in [2.05, 4.69) is 10.6 Å². The smallest absolute Gasteiger partial charge is 0.228 e. The van der Waals surface area contributed by atoms with Gasteiger partial charge in [-0.05, 0) is 61.5 Å². The van der Waals surface area contributed by atoms with Gasteiger partial charge in [0.25, 0.3) is 0 Å². The van der Waals surface area contributed by atoms with Crippen LogP contribution in [0, 0.1) is 5.92 Å². The average molecular weight is 328 g/mol. The number of benzene rings is 2. The fourth-order valence-corrected chi connectivity index (χ4v) is 3.33. The van der Waals surface area contributed by atoms with Crippen LogP contribution in [0.25, 0.3) is 0 Å². The van der Waals surface area contributed by atoms with Gasteiger partial charge in [-0.3, -0.25) is 4.79 Å². The Bertz CT molecular complexity index is 650. The van der Waals surface area contributed by atoms with Gasteiger partial charge in [0.1, 0.15) is 5.75 Å². The zero-order valence-corrected chi connectivity index (χ0v) is 13.9. The summed E-state index contributed by atoms with van der Waals surface area (Å²) in [4.78, 5) is 14.4. The highest BCUT2D eigenvalue weighted by atomic mass is 32.2. The molecule has 4 nitrogen and oxygen atoms in total. The lowest BCUT2D eigenvalue weighted by atomic mass is 10.1. The van der Waals surface area contributed by atoms with Crippen LogP contribution in [-0.4, -0.2) is 26.1 Å². The maximum Gasteiger partial charge on any atom is 0.228 e. The molecule has 0 spiro atoms. The first-order valence-corrected chi connectivity index (χ1v) is 8.50. The van der Waals surface area contributed by atoms with Gasteiger partial charge in [-0.15, -0.1) is 0 Å². The molecule has 1 amide bonds. The minimum atomic E-state index is 0.0864. The predicted molar refractivity (Wildman–Crippen MR) is 93.2 cm³/mol. The molecule has 1 unspecified atom stereocenters. The van der Waals surface area contributed by atoms with Crippen LogP contribution in [0.2, 0.25) is 0 Å². The van der Waals surface area contributed by atoms with Gasteiger partial charge >= 0.3 is 0 Å². The molecule has 1 saturated heterocycles. The molecule has 2 aromatic rings. The second-order valence-corrected chi connectivity index (χ2v) is 6.63. The molecule has 1 aliphatic heterocycles. The highest BCUT2D eigenvalue weighted by Crippen LogP contribution is 2.29. The third kappa shape index (κ3) is 4.27. The third-order valence-electron chi connectivity index (χ3n) is 3.85. The number of carbonyl (C=O) groups excluding carboxylic acids is 1. The Morgan fingerprint density at radius 1 is 1.13 bits per heavy atom. The number of nitrogens with one attached hydrogen (secondary N) is 2. The predicted octanol–water partition coefficient (Wildman–Crippen LogP) is 3.39. The first-order chi connectivity index (χ1) is 11.2. The highest BCUT2D eigenvalue weighted by Gasteiger charge is 2.22. The van der Waals surface area contributed by atoms with Crippen LogP contribution in [-0.2, 0) is 4.79 Å². The highest BCUT2D eigenvalue weighted by molar-refractivity contribution is 7.99. The lowest BCUT2D eigenvalue weighted by Gasteiger charge is -2.10. The molecule has 2 N–H and O–H groups in total.